The maximum absolute atomic E-state index is 5.72. The Morgan fingerprint density at radius 3 is 2.75 bits per heavy atom. The zero-order valence-electron chi connectivity index (χ0n) is 16.6. The minimum atomic E-state index is -0.0610. The van der Waals surface area contributed by atoms with Crippen LogP contribution in [0.25, 0.3) is 5.57 Å². The summed E-state index contributed by atoms with van der Waals surface area (Å²) in [5.74, 6) is 0.671. The number of hydrogen-bond acceptors (Lipinski definition) is 3. The van der Waals surface area contributed by atoms with Gasteiger partial charge in [-0.3, -0.25) is 5.32 Å². The first-order valence-corrected chi connectivity index (χ1v) is 10.1. The third kappa shape index (κ3) is 4.11. The van der Waals surface area contributed by atoms with Crippen LogP contribution in [-0.2, 0) is 11.3 Å². The van der Waals surface area contributed by atoms with Gasteiger partial charge in [0.1, 0.15) is 12.4 Å². The Morgan fingerprint density at radius 1 is 1.04 bits per heavy atom. The summed E-state index contributed by atoms with van der Waals surface area (Å²) in [6.07, 6.45) is 10.5. The monoisotopic (exact) mass is 372 g/mol. The van der Waals surface area contributed by atoms with Gasteiger partial charge in [-0.25, -0.2) is 0 Å². The van der Waals surface area contributed by atoms with E-state index in [4.69, 9.17) is 4.84 Å². The summed E-state index contributed by atoms with van der Waals surface area (Å²) in [7, 11) is 0. The second-order valence-electron chi connectivity index (χ2n) is 7.64. The van der Waals surface area contributed by atoms with Crippen molar-refractivity contribution in [2.45, 2.75) is 38.8 Å². The molecule has 0 amide bonds. The van der Waals surface area contributed by atoms with Gasteiger partial charge in [0.25, 0.3) is 0 Å². The number of nitrogens with one attached hydrogen (secondary N) is 2. The Labute approximate surface area is 167 Å². The van der Waals surface area contributed by atoms with Crippen molar-refractivity contribution in [2.24, 2.45) is 0 Å². The van der Waals surface area contributed by atoms with Crippen LogP contribution in [0.4, 0.5) is 0 Å². The molecule has 3 heteroatoms. The average molecular weight is 373 g/mol. The lowest BCUT2D eigenvalue weighted by molar-refractivity contribution is 0.0874. The zero-order valence-corrected chi connectivity index (χ0v) is 16.6. The highest BCUT2D eigenvalue weighted by Gasteiger charge is 2.20. The highest BCUT2D eigenvalue weighted by Crippen LogP contribution is 2.33. The van der Waals surface area contributed by atoms with Crippen molar-refractivity contribution in [1.29, 1.82) is 0 Å². The number of allylic oxidation sites excluding steroid dienone is 4. The van der Waals surface area contributed by atoms with Gasteiger partial charge in [-0.15, -0.1) is 5.48 Å². The Balaban J connectivity index is 1.54. The first-order chi connectivity index (χ1) is 13.7. The molecule has 2 aromatic rings. The van der Waals surface area contributed by atoms with E-state index in [2.05, 4.69) is 79.3 Å². The van der Waals surface area contributed by atoms with E-state index in [0.29, 0.717) is 5.92 Å². The van der Waals surface area contributed by atoms with E-state index in [-0.39, 0.29) is 6.17 Å². The molecule has 1 heterocycles. The van der Waals surface area contributed by atoms with Crippen molar-refractivity contribution < 1.29 is 4.84 Å². The standard InChI is InChI=1S/C25H28N2O/c1-18-7-6-15-26-25(22-12-13-23-19(2)10-11-21(23)17-22)27-28-16-14-24(18)20-8-4-3-5-9-20/h3-9,12-14,16-17,19,25-27H,10-11,15H2,1-2H3/b7-6+,16-14-,24-18+. The van der Waals surface area contributed by atoms with Crippen LogP contribution in [0.2, 0.25) is 0 Å². The molecule has 0 radical (unpaired) electrons. The second-order valence-corrected chi connectivity index (χ2v) is 7.64. The molecule has 2 N–H and O–H groups in total. The molecule has 4 rings (SSSR count). The van der Waals surface area contributed by atoms with Crippen LogP contribution >= 0.6 is 0 Å². The SMILES string of the molecule is CC1=C(c2ccccc2)/C=C\ONC(c2ccc3c(c2)CCC3C)NC\C=C\1. The zero-order chi connectivity index (χ0) is 19.3. The van der Waals surface area contributed by atoms with Crippen molar-refractivity contribution >= 4 is 5.57 Å². The number of hydrogen-bond donors (Lipinski definition) is 2. The highest BCUT2D eigenvalue weighted by atomic mass is 16.6. The van der Waals surface area contributed by atoms with Crippen molar-refractivity contribution in [3.8, 4) is 0 Å². The molecule has 0 saturated carbocycles. The van der Waals surface area contributed by atoms with Gasteiger partial charge in [0.05, 0.1) is 0 Å². The van der Waals surface area contributed by atoms with Gasteiger partial charge in [0, 0.05) is 6.54 Å². The molecule has 2 aromatic carbocycles. The molecule has 0 aromatic heterocycles. The van der Waals surface area contributed by atoms with Crippen molar-refractivity contribution in [3.63, 3.8) is 0 Å². The molecule has 2 unspecified atom stereocenters. The van der Waals surface area contributed by atoms with E-state index in [0.717, 1.165) is 12.1 Å². The van der Waals surface area contributed by atoms with Gasteiger partial charge in [0.2, 0.25) is 0 Å². The number of aryl methyl sites for hydroxylation is 1. The fourth-order valence-corrected chi connectivity index (χ4v) is 4.05. The summed E-state index contributed by atoms with van der Waals surface area (Å²) in [5.41, 5.74) is 10.9. The lowest BCUT2D eigenvalue weighted by atomic mass is 10.0. The van der Waals surface area contributed by atoms with E-state index in [9.17, 15) is 0 Å². The Bertz CT molecular complexity index is 911. The van der Waals surface area contributed by atoms with Gasteiger partial charge in [-0.2, -0.15) is 0 Å². The molecule has 0 saturated heterocycles. The fraction of sp³-hybridized carbons (Fsp3) is 0.280. The van der Waals surface area contributed by atoms with Crippen LogP contribution in [0.1, 0.15) is 54.6 Å². The van der Waals surface area contributed by atoms with E-state index in [1.165, 1.54) is 40.7 Å². The Morgan fingerprint density at radius 2 is 1.89 bits per heavy atom. The summed E-state index contributed by atoms with van der Waals surface area (Å²) < 4.78 is 0. The first-order valence-electron chi connectivity index (χ1n) is 10.1. The van der Waals surface area contributed by atoms with Gasteiger partial charge >= 0.3 is 0 Å². The minimum Gasteiger partial charge on any atom is -0.415 e. The van der Waals surface area contributed by atoms with Gasteiger partial charge in [-0.05, 0) is 65.2 Å². The molecular weight excluding hydrogens is 344 g/mol. The molecular formula is C25H28N2O. The van der Waals surface area contributed by atoms with Crippen LogP contribution in [0.3, 0.4) is 0 Å². The number of benzene rings is 2. The van der Waals surface area contributed by atoms with Crippen molar-refractivity contribution in [1.82, 2.24) is 10.8 Å². The maximum Gasteiger partial charge on any atom is 0.118 e. The predicted molar refractivity (Wildman–Crippen MR) is 115 cm³/mol. The first kappa shape index (κ1) is 18.7. The third-order valence-electron chi connectivity index (χ3n) is 5.68. The molecule has 2 atom stereocenters. The Hall–Kier alpha value is -2.62. The summed E-state index contributed by atoms with van der Waals surface area (Å²) in [4.78, 5) is 5.72. The largest absolute Gasteiger partial charge is 0.415 e. The molecule has 0 fully saturated rings. The molecule has 1 aliphatic carbocycles. The maximum atomic E-state index is 5.72. The normalized spacial score (nSPS) is 27.4. The van der Waals surface area contributed by atoms with Crippen LogP contribution in [0.5, 0.6) is 0 Å². The average Bonchev–Trinajstić information content (AvgIpc) is 3.08. The number of hydroxylamine groups is 1. The van der Waals surface area contributed by atoms with Crippen molar-refractivity contribution in [2.75, 3.05) is 6.54 Å². The van der Waals surface area contributed by atoms with Crippen molar-refractivity contribution in [3.05, 3.63) is 101 Å². The van der Waals surface area contributed by atoms with Crippen LogP contribution in [0.15, 0.2) is 78.6 Å². The third-order valence-corrected chi connectivity index (χ3v) is 5.68. The quantitative estimate of drug-likeness (QED) is 0.740. The second kappa shape index (κ2) is 8.59. The Kier molecular flexibility index (Phi) is 5.75. The van der Waals surface area contributed by atoms with Crippen LogP contribution < -0.4 is 10.8 Å². The number of fused-ring (bicyclic) bond motifs is 1. The van der Waals surface area contributed by atoms with E-state index in [1.54, 1.807) is 6.26 Å². The van der Waals surface area contributed by atoms with Crippen LogP contribution in [0, 0.1) is 0 Å². The van der Waals surface area contributed by atoms with Crippen LogP contribution in [-0.4, -0.2) is 6.54 Å². The molecule has 0 spiro atoms. The molecule has 28 heavy (non-hydrogen) atoms. The number of rotatable bonds is 2. The molecule has 2 aliphatic rings. The molecule has 3 nitrogen and oxygen atoms in total. The minimum absolute atomic E-state index is 0.0610. The van der Waals surface area contributed by atoms with E-state index in [1.807, 2.05) is 12.1 Å². The lowest BCUT2D eigenvalue weighted by Crippen LogP contribution is -2.33. The highest BCUT2D eigenvalue weighted by molar-refractivity contribution is 5.77. The van der Waals surface area contributed by atoms with Gasteiger partial charge < -0.3 is 4.84 Å². The smallest absolute Gasteiger partial charge is 0.118 e. The molecule has 0 bridgehead atoms. The summed E-state index contributed by atoms with van der Waals surface area (Å²) in [6.45, 7) is 5.20. The van der Waals surface area contributed by atoms with Gasteiger partial charge in [0.15, 0.2) is 0 Å². The predicted octanol–water partition coefficient (Wildman–Crippen LogP) is 5.40. The van der Waals surface area contributed by atoms with E-state index < -0.39 is 0 Å². The van der Waals surface area contributed by atoms with Gasteiger partial charge in [-0.1, -0.05) is 67.6 Å². The molecule has 1 aliphatic heterocycles. The topological polar surface area (TPSA) is 33.3 Å². The fourth-order valence-electron chi connectivity index (χ4n) is 4.05. The summed E-state index contributed by atoms with van der Waals surface area (Å²) >= 11 is 0. The summed E-state index contributed by atoms with van der Waals surface area (Å²) in [5, 5.41) is 3.53. The summed E-state index contributed by atoms with van der Waals surface area (Å²) in [6, 6.07) is 17.2. The lowest BCUT2D eigenvalue weighted by Gasteiger charge is -2.20. The molecule has 144 valence electrons. The van der Waals surface area contributed by atoms with E-state index >= 15 is 0 Å².